The summed E-state index contributed by atoms with van der Waals surface area (Å²) in [7, 11) is -3.50. The van der Waals surface area contributed by atoms with Crippen LogP contribution in [0.15, 0.2) is 15.7 Å². The number of nitrogens with zero attached hydrogens (tertiary/aromatic N) is 1. The Hall–Kier alpha value is -0.510. The van der Waals surface area contributed by atoms with E-state index in [0.717, 1.165) is 24.4 Å². The minimum absolute atomic E-state index is 0.144. The number of ether oxygens (including phenoxy) is 1. The van der Waals surface area contributed by atoms with Crippen LogP contribution in [0.5, 0.6) is 0 Å². The summed E-state index contributed by atoms with van der Waals surface area (Å²) in [4.78, 5) is 2.18. The minimum atomic E-state index is -3.50. The molecule has 1 aromatic heterocycles. The maximum Gasteiger partial charge on any atom is 0.250 e. The number of hydrogen-bond donors (Lipinski definition) is 2. The largest absolute Gasteiger partial charge is 0.392 e. The predicted molar refractivity (Wildman–Crippen MR) is 77.3 cm³/mol. The summed E-state index contributed by atoms with van der Waals surface area (Å²) in [5.74, 6) is 0. The number of aliphatic hydroxyl groups excluding tert-OH is 1. The van der Waals surface area contributed by atoms with Crippen molar-refractivity contribution in [3.63, 3.8) is 0 Å². The lowest BCUT2D eigenvalue weighted by atomic mass is 10.3. The number of hydrogen-bond acceptors (Lipinski definition) is 6. The van der Waals surface area contributed by atoms with Crippen LogP contribution in [0.2, 0.25) is 0 Å². The highest BCUT2D eigenvalue weighted by Crippen LogP contribution is 2.20. The van der Waals surface area contributed by atoms with Gasteiger partial charge in [0.05, 0.1) is 19.8 Å². The SMILES string of the molecule is CC(CN1CCOCC1)NS(=O)(=O)c1cc(CO)cs1. The zero-order chi connectivity index (χ0) is 14.6. The molecule has 1 aromatic rings. The Morgan fingerprint density at radius 2 is 2.20 bits per heavy atom. The van der Waals surface area contributed by atoms with Crippen molar-refractivity contribution in [1.29, 1.82) is 0 Å². The van der Waals surface area contributed by atoms with Gasteiger partial charge in [-0.05, 0) is 23.9 Å². The van der Waals surface area contributed by atoms with Crippen molar-refractivity contribution in [2.24, 2.45) is 0 Å². The Morgan fingerprint density at radius 1 is 1.50 bits per heavy atom. The summed E-state index contributed by atoms with van der Waals surface area (Å²) in [6.45, 7) is 5.44. The molecule has 2 rings (SSSR count). The van der Waals surface area contributed by atoms with E-state index in [1.165, 1.54) is 6.07 Å². The van der Waals surface area contributed by atoms with Crippen molar-refractivity contribution in [1.82, 2.24) is 9.62 Å². The van der Waals surface area contributed by atoms with Gasteiger partial charge in [-0.1, -0.05) is 0 Å². The van der Waals surface area contributed by atoms with Crippen LogP contribution in [-0.4, -0.2) is 57.3 Å². The normalized spacial score (nSPS) is 19.1. The molecule has 2 N–H and O–H groups in total. The fourth-order valence-corrected chi connectivity index (χ4v) is 4.56. The van der Waals surface area contributed by atoms with Gasteiger partial charge in [0.15, 0.2) is 0 Å². The van der Waals surface area contributed by atoms with Gasteiger partial charge in [-0.3, -0.25) is 4.90 Å². The summed E-state index contributed by atoms with van der Waals surface area (Å²) in [5, 5.41) is 10.6. The van der Waals surface area contributed by atoms with Crippen LogP contribution in [-0.2, 0) is 21.4 Å². The molecule has 1 fully saturated rings. The molecule has 0 aromatic carbocycles. The van der Waals surface area contributed by atoms with Gasteiger partial charge in [0, 0.05) is 25.7 Å². The Kier molecular flexibility index (Phi) is 5.53. The molecule has 0 spiro atoms. The van der Waals surface area contributed by atoms with E-state index in [2.05, 4.69) is 9.62 Å². The number of morpholine rings is 1. The molecular formula is C12H20N2O4S2. The van der Waals surface area contributed by atoms with Gasteiger partial charge in [-0.15, -0.1) is 11.3 Å². The van der Waals surface area contributed by atoms with Gasteiger partial charge in [-0.25, -0.2) is 13.1 Å². The zero-order valence-electron chi connectivity index (χ0n) is 11.4. The molecule has 0 bridgehead atoms. The van der Waals surface area contributed by atoms with E-state index in [9.17, 15) is 8.42 Å². The molecule has 1 atom stereocenters. The maximum atomic E-state index is 12.2. The average Bonchev–Trinajstić information content (AvgIpc) is 2.88. The molecule has 114 valence electrons. The molecular weight excluding hydrogens is 300 g/mol. The number of nitrogens with one attached hydrogen (secondary N) is 1. The average molecular weight is 320 g/mol. The van der Waals surface area contributed by atoms with Crippen LogP contribution in [0.25, 0.3) is 0 Å². The van der Waals surface area contributed by atoms with E-state index in [-0.39, 0.29) is 16.9 Å². The summed E-state index contributed by atoms with van der Waals surface area (Å²) < 4.78 is 32.6. The van der Waals surface area contributed by atoms with Crippen molar-refractivity contribution in [3.05, 3.63) is 17.0 Å². The van der Waals surface area contributed by atoms with E-state index in [1.54, 1.807) is 5.38 Å². The molecule has 20 heavy (non-hydrogen) atoms. The lowest BCUT2D eigenvalue weighted by Gasteiger charge is -2.29. The molecule has 1 aliphatic heterocycles. The van der Waals surface area contributed by atoms with Crippen molar-refractivity contribution in [3.8, 4) is 0 Å². The molecule has 8 heteroatoms. The van der Waals surface area contributed by atoms with Gasteiger partial charge in [0.1, 0.15) is 4.21 Å². The van der Waals surface area contributed by atoms with E-state index in [0.29, 0.717) is 25.3 Å². The van der Waals surface area contributed by atoms with E-state index in [1.807, 2.05) is 6.92 Å². The second-order valence-electron chi connectivity index (χ2n) is 4.87. The van der Waals surface area contributed by atoms with Crippen molar-refractivity contribution in [2.45, 2.75) is 23.8 Å². The molecule has 6 nitrogen and oxygen atoms in total. The third-order valence-electron chi connectivity index (χ3n) is 3.07. The first-order valence-corrected chi connectivity index (χ1v) is 8.88. The Labute approximate surface area is 123 Å². The van der Waals surface area contributed by atoms with Crippen molar-refractivity contribution < 1.29 is 18.3 Å². The standard InChI is InChI=1S/C12H20N2O4S2/c1-10(7-14-2-4-18-5-3-14)13-20(16,17)12-6-11(8-15)9-19-12/h6,9-10,13,15H,2-5,7-8H2,1H3. The quantitative estimate of drug-likeness (QED) is 0.785. The first-order chi connectivity index (χ1) is 9.51. The van der Waals surface area contributed by atoms with Gasteiger partial charge in [0.2, 0.25) is 10.0 Å². The molecule has 0 saturated carbocycles. The van der Waals surface area contributed by atoms with Gasteiger partial charge in [0.25, 0.3) is 0 Å². The minimum Gasteiger partial charge on any atom is -0.392 e. The molecule has 0 aliphatic carbocycles. The highest BCUT2D eigenvalue weighted by atomic mass is 32.2. The predicted octanol–water partition coefficient (Wildman–Crippen LogP) is 0.239. The van der Waals surface area contributed by atoms with Gasteiger partial charge in [-0.2, -0.15) is 0 Å². The second kappa shape index (κ2) is 6.97. The Balaban J connectivity index is 1.93. The molecule has 0 amide bonds. The third kappa shape index (κ3) is 4.24. The van der Waals surface area contributed by atoms with Crippen molar-refractivity contribution in [2.75, 3.05) is 32.8 Å². The summed E-state index contributed by atoms with van der Waals surface area (Å²) in [5.41, 5.74) is 0.621. The second-order valence-corrected chi connectivity index (χ2v) is 7.72. The van der Waals surface area contributed by atoms with Gasteiger partial charge >= 0.3 is 0 Å². The van der Waals surface area contributed by atoms with Crippen LogP contribution in [0.4, 0.5) is 0 Å². The molecule has 1 saturated heterocycles. The van der Waals surface area contributed by atoms with E-state index in [4.69, 9.17) is 9.84 Å². The molecule has 1 aliphatic rings. The van der Waals surface area contributed by atoms with Crippen molar-refractivity contribution >= 4 is 21.4 Å². The number of aliphatic hydroxyl groups is 1. The number of rotatable bonds is 6. The first-order valence-electron chi connectivity index (χ1n) is 6.52. The number of sulfonamides is 1. The monoisotopic (exact) mass is 320 g/mol. The summed E-state index contributed by atoms with van der Waals surface area (Å²) in [6.07, 6.45) is 0. The van der Waals surface area contributed by atoms with Crippen LogP contribution in [0.3, 0.4) is 0 Å². The highest BCUT2D eigenvalue weighted by molar-refractivity contribution is 7.91. The molecule has 0 radical (unpaired) electrons. The van der Waals surface area contributed by atoms with E-state index >= 15 is 0 Å². The molecule has 1 unspecified atom stereocenters. The lowest BCUT2D eigenvalue weighted by Crippen LogP contribution is -2.45. The number of thiophene rings is 1. The van der Waals surface area contributed by atoms with Gasteiger partial charge < -0.3 is 9.84 Å². The Bertz CT molecular complexity index is 523. The zero-order valence-corrected chi connectivity index (χ0v) is 13.0. The van der Waals surface area contributed by atoms with Crippen LogP contribution < -0.4 is 4.72 Å². The fraction of sp³-hybridized carbons (Fsp3) is 0.667. The third-order valence-corrected chi connectivity index (χ3v) is 6.15. The smallest absolute Gasteiger partial charge is 0.250 e. The van der Waals surface area contributed by atoms with Crippen LogP contribution >= 0.6 is 11.3 Å². The highest BCUT2D eigenvalue weighted by Gasteiger charge is 2.21. The molecule has 2 heterocycles. The van der Waals surface area contributed by atoms with Crippen LogP contribution in [0, 0.1) is 0 Å². The topological polar surface area (TPSA) is 78.9 Å². The van der Waals surface area contributed by atoms with Crippen LogP contribution in [0.1, 0.15) is 12.5 Å². The maximum absolute atomic E-state index is 12.2. The van der Waals surface area contributed by atoms with E-state index < -0.39 is 10.0 Å². The lowest BCUT2D eigenvalue weighted by molar-refractivity contribution is 0.0354. The fourth-order valence-electron chi connectivity index (χ4n) is 2.11. The summed E-state index contributed by atoms with van der Waals surface area (Å²) >= 11 is 1.13. The Morgan fingerprint density at radius 3 is 2.80 bits per heavy atom. The first kappa shape index (κ1) is 15.9. The summed E-state index contributed by atoms with van der Waals surface area (Å²) in [6, 6.07) is 1.34.